The van der Waals surface area contributed by atoms with Gasteiger partial charge >= 0.3 is 0 Å². The molecule has 2 nitrogen and oxygen atoms in total. The fraction of sp³-hybridized carbons (Fsp3) is 1.00. The highest BCUT2D eigenvalue weighted by atomic mass is 15.2. The molecule has 1 heterocycles. The van der Waals surface area contributed by atoms with Crippen LogP contribution in [0.3, 0.4) is 0 Å². The molecule has 0 bridgehead atoms. The average molecular weight is 238 g/mol. The summed E-state index contributed by atoms with van der Waals surface area (Å²) in [5.74, 6) is 0.862. The van der Waals surface area contributed by atoms with E-state index in [0.29, 0.717) is 5.54 Å². The van der Waals surface area contributed by atoms with Crippen molar-refractivity contribution < 1.29 is 0 Å². The standard InChI is InChI=1S/C15H30N2/c1-14(2)7-5-11-17-12-6-10-16-15(13-17)8-3-4-9-15/h14,16H,3-13H2,1-2H3. The lowest BCUT2D eigenvalue weighted by molar-refractivity contribution is 0.205. The molecule has 0 atom stereocenters. The summed E-state index contributed by atoms with van der Waals surface area (Å²) in [6.45, 7) is 9.85. The molecule has 0 aromatic heterocycles. The summed E-state index contributed by atoms with van der Waals surface area (Å²) in [5.41, 5.74) is 0.494. The molecule has 1 aliphatic heterocycles. The number of hydrogen-bond donors (Lipinski definition) is 1. The maximum Gasteiger partial charge on any atom is 0.0308 e. The van der Waals surface area contributed by atoms with Gasteiger partial charge in [-0.15, -0.1) is 0 Å². The summed E-state index contributed by atoms with van der Waals surface area (Å²) in [6.07, 6.45) is 9.80. The van der Waals surface area contributed by atoms with Gasteiger partial charge in [0.2, 0.25) is 0 Å². The van der Waals surface area contributed by atoms with Gasteiger partial charge in [0, 0.05) is 12.1 Å². The molecule has 0 amide bonds. The van der Waals surface area contributed by atoms with E-state index >= 15 is 0 Å². The van der Waals surface area contributed by atoms with E-state index in [4.69, 9.17) is 0 Å². The minimum absolute atomic E-state index is 0.494. The third-order valence-electron chi connectivity index (χ3n) is 4.49. The maximum absolute atomic E-state index is 3.84. The van der Waals surface area contributed by atoms with Gasteiger partial charge in [-0.1, -0.05) is 26.7 Å². The Kier molecular flexibility index (Phi) is 4.87. The molecule has 0 aromatic rings. The predicted molar refractivity (Wildman–Crippen MR) is 74.3 cm³/mol. The first-order chi connectivity index (χ1) is 8.20. The van der Waals surface area contributed by atoms with Crippen molar-refractivity contribution in [1.29, 1.82) is 0 Å². The minimum Gasteiger partial charge on any atom is -0.310 e. The molecule has 1 saturated carbocycles. The second kappa shape index (κ2) is 6.19. The molecule has 1 spiro atoms. The first-order valence-electron chi connectivity index (χ1n) is 7.68. The molecular formula is C15H30N2. The monoisotopic (exact) mass is 238 g/mol. The molecule has 1 aliphatic carbocycles. The van der Waals surface area contributed by atoms with E-state index in [1.807, 2.05) is 0 Å². The number of hydrogen-bond acceptors (Lipinski definition) is 2. The molecule has 2 fully saturated rings. The van der Waals surface area contributed by atoms with Crippen LogP contribution in [0.5, 0.6) is 0 Å². The van der Waals surface area contributed by atoms with Gasteiger partial charge < -0.3 is 10.2 Å². The van der Waals surface area contributed by atoms with Gasteiger partial charge in [0.25, 0.3) is 0 Å². The van der Waals surface area contributed by atoms with Crippen LogP contribution in [0.4, 0.5) is 0 Å². The SMILES string of the molecule is CC(C)CCCN1CCCNC2(CCCC2)C1. The summed E-state index contributed by atoms with van der Waals surface area (Å²) in [7, 11) is 0. The van der Waals surface area contributed by atoms with Crippen LogP contribution in [0.25, 0.3) is 0 Å². The lowest BCUT2D eigenvalue weighted by Gasteiger charge is -2.33. The van der Waals surface area contributed by atoms with Crippen molar-refractivity contribution in [3.05, 3.63) is 0 Å². The second-order valence-electron chi connectivity index (χ2n) is 6.58. The summed E-state index contributed by atoms with van der Waals surface area (Å²) in [5, 5.41) is 3.84. The summed E-state index contributed by atoms with van der Waals surface area (Å²) in [6, 6.07) is 0. The third kappa shape index (κ3) is 3.96. The van der Waals surface area contributed by atoms with Crippen molar-refractivity contribution in [3.8, 4) is 0 Å². The second-order valence-corrected chi connectivity index (χ2v) is 6.58. The Bertz CT molecular complexity index is 219. The zero-order valence-corrected chi connectivity index (χ0v) is 11.8. The quantitative estimate of drug-likeness (QED) is 0.810. The molecule has 17 heavy (non-hydrogen) atoms. The lowest BCUT2D eigenvalue weighted by atomic mass is 9.97. The van der Waals surface area contributed by atoms with E-state index in [9.17, 15) is 0 Å². The average Bonchev–Trinajstić information content (AvgIpc) is 2.62. The highest BCUT2D eigenvalue weighted by Gasteiger charge is 2.35. The van der Waals surface area contributed by atoms with Crippen LogP contribution in [0.1, 0.15) is 58.8 Å². The minimum atomic E-state index is 0.494. The molecule has 2 rings (SSSR count). The van der Waals surface area contributed by atoms with Gasteiger partial charge in [-0.25, -0.2) is 0 Å². The molecule has 0 aromatic carbocycles. The van der Waals surface area contributed by atoms with Gasteiger partial charge in [-0.2, -0.15) is 0 Å². The Morgan fingerprint density at radius 2 is 1.94 bits per heavy atom. The number of nitrogens with zero attached hydrogens (tertiary/aromatic N) is 1. The molecule has 0 radical (unpaired) electrons. The molecule has 100 valence electrons. The Hall–Kier alpha value is -0.0800. The van der Waals surface area contributed by atoms with Gasteiger partial charge in [-0.05, 0) is 57.7 Å². The van der Waals surface area contributed by atoms with E-state index in [1.165, 1.54) is 71.1 Å². The molecule has 2 heteroatoms. The van der Waals surface area contributed by atoms with E-state index in [-0.39, 0.29) is 0 Å². The van der Waals surface area contributed by atoms with Crippen LogP contribution in [-0.4, -0.2) is 36.6 Å². The van der Waals surface area contributed by atoms with Crippen LogP contribution in [0.15, 0.2) is 0 Å². The predicted octanol–water partition coefficient (Wildman–Crippen LogP) is 3.03. The van der Waals surface area contributed by atoms with E-state index < -0.39 is 0 Å². The summed E-state index contributed by atoms with van der Waals surface area (Å²) >= 11 is 0. The third-order valence-corrected chi connectivity index (χ3v) is 4.49. The first kappa shape index (κ1) is 13.4. The van der Waals surface area contributed by atoms with Gasteiger partial charge in [0.1, 0.15) is 0 Å². The van der Waals surface area contributed by atoms with E-state index in [1.54, 1.807) is 0 Å². The Balaban J connectivity index is 1.80. The molecule has 1 N–H and O–H groups in total. The van der Waals surface area contributed by atoms with Crippen molar-refractivity contribution in [2.75, 3.05) is 26.2 Å². The highest BCUT2D eigenvalue weighted by molar-refractivity contribution is 4.96. The Morgan fingerprint density at radius 3 is 2.65 bits per heavy atom. The van der Waals surface area contributed by atoms with Crippen molar-refractivity contribution >= 4 is 0 Å². The topological polar surface area (TPSA) is 15.3 Å². The molecular weight excluding hydrogens is 208 g/mol. The summed E-state index contributed by atoms with van der Waals surface area (Å²) in [4.78, 5) is 2.73. The van der Waals surface area contributed by atoms with Crippen molar-refractivity contribution in [1.82, 2.24) is 10.2 Å². The molecule has 1 saturated heterocycles. The molecule has 2 aliphatic rings. The normalized spacial score (nSPS) is 25.6. The van der Waals surface area contributed by atoms with Crippen LogP contribution >= 0.6 is 0 Å². The highest BCUT2D eigenvalue weighted by Crippen LogP contribution is 2.31. The van der Waals surface area contributed by atoms with Crippen LogP contribution < -0.4 is 5.32 Å². The Labute approximate surface area is 107 Å². The fourth-order valence-electron chi connectivity index (χ4n) is 3.52. The smallest absolute Gasteiger partial charge is 0.0308 e. The first-order valence-corrected chi connectivity index (χ1v) is 7.68. The summed E-state index contributed by atoms with van der Waals surface area (Å²) < 4.78 is 0. The number of rotatable bonds is 4. The van der Waals surface area contributed by atoms with Crippen molar-refractivity contribution in [3.63, 3.8) is 0 Å². The van der Waals surface area contributed by atoms with E-state index in [2.05, 4.69) is 24.1 Å². The van der Waals surface area contributed by atoms with Crippen molar-refractivity contribution in [2.45, 2.75) is 64.3 Å². The van der Waals surface area contributed by atoms with E-state index in [0.717, 1.165) is 5.92 Å². The largest absolute Gasteiger partial charge is 0.310 e. The molecule has 0 unspecified atom stereocenters. The zero-order valence-electron chi connectivity index (χ0n) is 11.8. The fourth-order valence-corrected chi connectivity index (χ4v) is 3.52. The van der Waals surface area contributed by atoms with Gasteiger partial charge in [0.15, 0.2) is 0 Å². The van der Waals surface area contributed by atoms with Crippen molar-refractivity contribution in [2.24, 2.45) is 5.92 Å². The maximum atomic E-state index is 3.84. The number of nitrogens with one attached hydrogen (secondary N) is 1. The van der Waals surface area contributed by atoms with Gasteiger partial charge in [0.05, 0.1) is 0 Å². The zero-order chi connectivity index (χ0) is 12.1. The van der Waals surface area contributed by atoms with Crippen LogP contribution in [0, 0.1) is 5.92 Å². The van der Waals surface area contributed by atoms with Crippen LogP contribution in [0.2, 0.25) is 0 Å². The lowest BCUT2D eigenvalue weighted by Crippen LogP contribution is -2.49. The van der Waals surface area contributed by atoms with Crippen LogP contribution in [-0.2, 0) is 0 Å². The Morgan fingerprint density at radius 1 is 1.18 bits per heavy atom. The van der Waals surface area contributed by atoms with Gasteiger partial charge in [-0.3, -0.25) is 0 Å².